The van der Waals surface area contributed by atoms with Gasteiger partial charge >= 0.3 is 0 Å². The van der Waals surface area contributed by atoms with E-state index in [1.54, 1.807) is 0 Å². The van der Waals surface area contributed by atoms with Crippen molar-refractivity contribution in [1.82, 2.24) is 10.6 Å². The minimum absolute atomic E-state index is 0.0403. The van der Waals surface area contributed by atoms with Gasteiger partial charge in [-0.05, 0) is 18.8 Å². The molecular formula is C12H22N2O3. The summed E-state index contributed by atoms with van der Waals surface area (Å²) >= 11 is 0. The first-order valence-corrected chi connectivity index (χ1v) is 6.51. The first-order valence-electron chi connectivity index (χ1n) is 6.51. The fourth-order valence-electron chi connectivity index (χ4n) is 2.26. The molecule has 2 fully saturated rings. The van der Waals surface area contributed by atoms with E-state index in [1.807, 2.05) is 0 Å². The number of nitrogens with one attached hydrogen (secondary N) is 2. The van der Waals surface area contributed by atoms with Gasteiger partial charge in [0.1, 0.15) is 0 Å². The van der Waals surface area contributed by atoms with Crippen LogP contribution in [-0.4, -0.2) is 51.5 Å². The number of morpholine rings is 1. The molecule has 2 heterocycles. The van der Waals surface area contributed by atoms with Crippen LogP contribution in [0.3, 0.4) is 0 Å². The average Bonchev–Trinajstić information content (AvgIpc) is 2.83. The summed E-state index contributed by atoms with van der Waals surface area (Å²) in [4.78, 5) is 11.6. The molecule has 17 heavy (non-hydrogen) atoms. The van der Waals surface area contributed by atoms with Gasteiger partial charge in [-0.3, -0.25) is 4.79 Å². The first-order chi connectivity index (χ1) is 8.34. The van der Waals surface area contributed by atoms with E-state index in [0.29, 0.717) is 18.9 Å². The molecule has 2 N–H and O–H groups in total. The first kappa shape index (κ1) is 12.8. The van der Waals surface area contributed by atoms with Crippen LogP contribution in [0.15, 0.2) is 0 Å². The van der Waals surface area contributed by atoms with Crippen LogP contribution < -0.4 is 10.6 Å². The Morgan fingerprint density at radius 3 is 3.06 bits per heavy atom. The van der Waals surface area contributed by atoms with Gasteiger partial charge in [0.15, 0.2) is 0 Å². The third kappa shape index (κ3) is 4.61. The van der Waals surface area contributed by atoms with E-state index in [0.717, 1.165) is 45.7 Å². The Morgan fingerprint density at radius 1 is 1.41 bits per heavy atom. The van der Waals surface area contributed by atoms with Gasteiger partial charge in [0.25, 0.3) is 0 Å². The summed E-state index contributed by atoms with van der Waals surface area (Å²) in [5.41, 5.74) is 0. The second-order valence-electron chi connectivity index (χ2n) is 4.77. The number of carbonyl (C=O) groups is 1. The van der Waals surface area contributed by atoms with E-state index in [1.165, 1.54) is 0 Å². The van der Waals surface area contributed by atoms with Gasteiger partial charge in [0.05, 0.1) is 19.1 Å². The molecule has 2 aliphatic rings. The second kappa shape index (κ2) is 6.93. The molecule has 0 aromatic carbocycles. The minimum Gasteiger partial charge on any atom is -0.381 e. The molecule has 0 spiro atoms. The highest BCUT2D eigenvalue weighted by Crippen LogP contribution is 2.15. The molecular weight excluding hydrogens is 220 g/mol. The predicted octanol–water partition coefficient (Wildman–Crippen LogP) is -0.0923. The summed E-state index contributed by atoms with van der Waals surface area (Å²) in [5.74, 6) is 0.723. The van der Waals surface area contributed by atoms with Crippen LogP contribution >= 0.6 is 0 Å². The highest BCUT2D eigenvalue weighted by atomic mass is 16.5. The molecule has 2 aliphatic heterocycles. The molecule has 98 valence electrons. The van der Waals surface area contributed by atoms with E-state index in [2.05, 4.69) is 10.6 Å². The number of amides is 1. The van der Waals surface area contributed by atoms with Crippen molar-refractivity contribution in [1.29, 1.82) is 0 Å². The van der Waals surface area contributed by atoms with Crippen molar-refractivity contribution in [3.63, 3.8) is 0 Å². The standard InChI is InChI=1S/C12H22N2O3/c15-12(7-11-8-13-4-6-17-11)14-3-1-10-2-5-16-9-10/h10-11,13H,1-9H2,(H,14,15). The maximum absolute atomic E-state index is 11.6. The summed E-state index contributed by atoms with van der Waals surface area (Å²) in [5, 5.41) is 6.17. The highest BCUT2D eigenvalue weighted by Gasteiger charge is 2.18. The lowest BCUT2D eigenvalue weighted by Gasteiger charge is -2.23. The van der Waals surface area contributed by atoms with Gasteiger partial charge in [-0.15, -0.1) is 0 Å². The molecule has 0 aromatic heterocycles. The van der Waals surface area contributed by atoms with Crippen molar-refractivity contribution in [3.05, 3.63) is 0 Å². The summed E-state index contributed by atoms with van der Waals surface area (Å²) in [6.45, 7) is 4.86. The van der Waals surface area contributed by atoms with E-state index in [9.17, 15) is 4.79 Å². The zero-order valence-electron chi connectivity index (χ0n) is 10.2. The Hall–Kier alpha value is -0.650. The maximum Gasteiger partial charge on any atom is 0.222 e. The molecule has 2 unspecified atom stereocenters. The van der Waals surface area contributed by atoms with Crippen molar-refractivity contribution in [2.45, 2.75) is 25.4 Å². The predicted molar refractivity (Wildman–Crippen MR) is 63.8 cm³/mol. The topological polar surface area (TPSA) is 59.6 Å². The molecule has 2 atom stereocenters. The Bertz CT molecular complexity index is 236. The average molecular weight is 242 g/mol. The van der Waals surface area contributed by atoms with Gasteiger partial charge in [0, 0.05) is 32.8 Å². The molecule has 0 radical (unpaired) electrons. The zero-order valence-corrected chi connectivity index (χ0v) is 10.2. The smallest absolute Gasteiger partial charge is 0.222 e. The third-order valence-corrected chi connectivity index (χ3v) is 3.32. The summed E-state index contributed by atoms with van der Waals surface area (Å²) in [6.07, 6.45) is 2.66. The maximum atomic E-state index is 11.6. The SMILES string of the molecule is O=C(CC1CNCCO1)NCCC1CCOC1. The quantitative estimate of drug-likeness (QED) is 0.707. The monoisotopic (exact) mass is 242 g/mol. The van der Waals surface area contributed by atoms with Gasteiger partial charge in [-0.1, -0.05) is 0 Å². The number of ether oxygens (including phenoxy) is 2. The third-order valence-electron chi connectivity index (χ3n) is 3.32. The number of rotatable bonds is 5. The number of carbonyl (C=O) groups excluding carboxylic acids is 1. The fraction of sp³-hybridized carbons (Fsp3) is 0.917. The van der Waals surface area contributed by atoms with Crippen molar-refractivity contribution >= 4 is 5.91 Å². The summed E-state index contributed by atoms with van der Waals surface area (Å²) < 4.78 is 10.8. The largest absolute Gasteiger partial charge is 0.381 e. The van der Waals surface area contributed by atoms with Crippen LogP contribution in [-0.2, 0) is 14.3 Å². The fourth-order valence-corrected chi connectivity index (χ4v) is 2.26. The Balaban J connectivity index is 1.53. The lowest BCUT2D eigenvalue weighted by molar-refractivity contribution is -0.124. The van der Waals surface area contributed by atoms with E-state index in [4.69, 9.17) is 9.47 Å². The minimum atomic E-state index is 0.0403. The molecule has 1 amide bonds. The van der Waals surface area contributed by atoms with Crippen molar-refractivity contribution in [2.75, 3.05) is 39.5 Å². The van der Waals surface area contributed by atoms with E-state index in [-0.39, 0.29) is 12.0 Å². The van der Waals surface area contributed by atoms with Gasteiger partial charge < -0.3 is 20.1 Å². The van der Waals surface area contributed by atoms with E-state index >= 15 is 0 Å². The number of hydrogen-bond acceptors (Lipinski definition) is 4. The Kier molecular flexibility index (Phi) is 5.22. The van der Waals surface area contributed by atoms with Crippen LogP contribution in [0.5, 0.6) is 0 Å². The second-order valence-corrected chi connectivity index (χ2v) is 4.77. The van der Waals surface area contributed by atoms with Gasteiger partial charge in [0.2, 0.25) is 5.91 Å². The van der Waals surface area contributed by atoms with Crippen LogP contribution in [0, 0.1) is 5.92 Å². The molecule has 0 aliphatic carbocycles. The molecule has 2 rings (SSSR count). The summed E-state index contributed by atoms with van der Waals surface area (Å²) in [7, 11) is 0. The van der Waals surface area contributed by atoms with Crippen molar-refractivity contribution in [3.8, 4) is 0 Å². The Labute approximate surface area is 102 Å². The normalized spacial score (nSPS) is 29.2. The van der Waals surface area contributed by atoms with Gasteiger partial charge in [-0.2, -0.15) is 0 Å². The van der Waals surface area contributed by atoms with E-state index < -0.39 is 0 Å². The van der Waals surface area contributed by atoms with Crippen LogP contribution in [0.2, 0.25) is 0 Å². The van der Waals surface area contributed by atoms with Crippen molar-refractivity contribution < 1.29 is 14.3 Å². The van der Waals surface area contributed by atoms with Crippen LogP contribution in [0.4, 0.5) is 0 Å². The van der Waals surface area contributed by atoms with Crippen LogP contribution in [0.1, 0.15) is 19.3 Å². The Morgan fingerprint density at radius 2 is 2.35 bits per heavy atom. The zero-order chi connectivity index (χ0) is 11.9. The molecule has 5 nitrogen and oxygen atoms in total. The molecule has 0 aromatic rings. The molecule has 0 saturated carbocycles. The van der Waals surface area contributed by atoms with Crippen LogP contribution in [0.25, 0.3) is 0 Å². The summed E-state index contributed by atoms with van der Waals surface area (Å²) in [6, 6.07) is 0. The lowest BCUT2D eigenvalue weighted by Crippen LogP contribution is -2.41. The van der Waals surface area contributed by atoms with Gasteiger partial charge in [-0.25, -0.2) is 0 Å². The molecule has 0 bridgehead atoms. The number of hydrogen-bond donors (Lipinski definition) is 2. The molecule has 5 heteroatoms. The lowest BCUT2D eigenvalue weighted by atomic mass is 10.1. The van der Waals surface area contributed by atoms with Crippen molar-refractivity contribution in [2.24, 2.45) is 5.92 Å². The highest BCUT2D eigenvalue weighted by molar-refractivity contribution is 5.76. The molecule has 2 saturated heterocycles.